The third kappa shape index (κ3) is 1.72. The van der Waals surface area contributed by atoms with Gasteiger partial charge in [-0.3, -0.25) is 0 Å². The van der Waals surface area contributed by atoms with Gasteiger partial charge in [0.2, 0.25) is 0 Å². The summed E-state index contributed by atoms with van der Waals surface area (Å²) in [6.45, 7) is 4.33. The largest absolute Gasteiger partial charge is 0.339 e. The molecule has 0 unspecified atom stereocenters. The monoisotopic (exact) mass is 263 g/mol. The maximum absolute atomic E-state index is 6.27. The lowest BCUT2D eigenvalue weighted by Gasteiger charge is -2.26. The first-order valence-corrected chi connectivity index (χ1v) is 7.06. The molecule has 0 amide bonds. The van der Waals surface area contributed by atoms with E-state index in [0.29, 0.717) is 11.2 Å². The van der Waals surface area contributed by atoms with Gasteiger partial charge in [-0.2, -0.15) is 5.10 Å². The number of fused-ring (bicyclic) bond motifs is 1. The first-order chi connectivity index (χ1) is 8.70. The molecular weight excluding hydrogens is 246 g/mol. The molecule has 2 aromatic heterocycles. The minimum atomic E-state index is 0.536. The highest BCUT2D eigenvalue weighted by Gasteiger charge is 2.22. The topological polar surface area (TPSA) is 30.7 Å². The minimum absolute atomic E-state index is 0.536. The lowest BCUT2D eigenvalue weighted by atomic mass is 9.95. The lowest BCUT2D eigenvalue weighted by molar-refractivity contribution is 0.356. The second-order valence-electron chi connectivity index (χ2n) is 5.27. The predicted molar refractivity (Wildman–Crippen MR) is 74.1 cm³/mol. The van der Waals surface area contributed by atoms with Gasteiger partial charge in [0.1, 0.15) is 0 Å². The molecule has 2 aromatic rings. The molecule has 0 bridgehead atoms. The summed E-state index contributed by atoms with van der Waals surface area (Å²) < 4.78 is 2.40. The molecule has 1 fully saturated rings. The molecule has 0 spiro atoms. The summed E-state index contributed by atoms with van der Waals surface area (Å²) in [7, 11) is 0. The average molecular weight is 264 g/mol. The molecule has 0 N–H and O–H groups in total. The van der Waals surface area contributed by atoms with Crippen LogP contribution in [0.15, 0.2) is 6.20 Å². The number of rotatable bonds is 1. The van der Waals surface area contributed by atoms with E-state index in [4.69, 9.17) is 11.6 Å². The number of halogens is 1. The zero-order valence-corrected chi connectivity index (χ0v) is 11.7. The Morgan fingerprint density at radius 2 is 1.94 bits per heavy atom. The highest BCUT2D eigenvalue weighted by molar-refractivity contribution is 6.33. The number of nitrogens with zero attached hydrogens (tertiary/aromatic N) is 3. The smallest absolute Gasteiger partial charge is 0.175 e. The van der Waals surface area contributed by atoms with E-state index in [1.54, 1.807) is 0 Å². The van der Waals surface area contributed by atoms with Gasteiger partial charge in [-0.25, -0.2) is 0 Å². The number of aryl methyl sites for hydroxylation is 1. The van der Waals surface area contributed by atoms with Gasteiger partial charge in [0.25, 0.3) is 0 Å². The summed E-state index contributed by atoms with van der Waals surface area (Å²) in [5, 5.41) is 9.68. The Balaban J connectivity index is 2.23. The molecule has 0 aromatic carbocycles. The van der Waals surface area contributed by atoms with Gasteiger partial charge in [-0.15, -0.1) is 5.10 Å². The highest BCUT2D eigenvalue weighted by Crippen LogP contribution is 2.37. The van der Waals surface area contributed by atoms with Crippen molar-refractivity contribution in [1.29, 1.82) is 0 Å². The van der Waals surface area contributed by atoms with Crippen LogP contribution in [-0.4, -0.2) is 14.8 Å². The Morgan fingerprint density at radius 3 is 2.67 bits per heavy atom. The van der Waals surface area contributed by atoms with Gasteiger partial charge in [0.15, 0.2) is 5.15 Å². The third-order valence-electron chi connectivity index (χ3n) is 4.27. The lowest BCUT2D eigenvalue weighted by Crippen LogP contribution is -2.14. The maximum atomic E-state index is 6.27. The van der Waals surface area contributed by atoms with Crippen LogP contribution in [0.5, 0.6) is 0 Å². The molecule has 1 saturated carbocycles. The third-order valence-corrected chi connectivity index (χ3v) is 4.53. The Kier molecular flexibility index (Phi) is 3.02. The van der Waals surface area contributed by atoms with Crippen LogP contribution in [0.25, 0.3) is 10.9 Å². The Bertz CT molecular complexity index is 582. The molecule has 1 aliphatic carbocycles. The van der Waals surface area contributed by atoms with Crippen molar-refractivity contribution < 1.29 is 0 Å². The van der Waals surface area contributed by atoms with E-state index in [2.05, 4.69) is 28.6 Å². The van der Waals surface area contributed by atoms with Gasteiger partial charge in [0.05, 0.1) is 11.7 Å². The van der Waals surface area contributed by atoms with Crippen molar-refractivity contribution in [3.63, 3.8) is 0 Å². The van der Waals surface area contributed by atoms with Gasteiger partial charge in [0, 0.05) is 17.1 Å². The van der Waals surface area contributed by atoms with Crippen LogP contribution in [0.1, 0.15) is 49.4 Å². The molecule has 0 aliphatic heterocycles. The minimum Gasteiger partial charge on any atom is -0.339 e. The number of hydrogen-bond acceptors (Lipinski definition) is 2. The van der Waals surface area contributed by atoms with Gasteiger partial charge in [-0.1, -0.05) is 30.9 Å². The van der Waals surface area contributed by atoms with Crippen molar-refractivity contribution in [3.8, 4) is 0 Å². The number of hydrogen-bond donors (Lipinski definition) is 0. The first-order valence-electron chi connectivity index (χ1n) is 6.68. The fourth-order valence-electron chi connectivity index (χ4n) is 3.20. The van der Waals surface area contributed by atoms with Crippen LogP contribution in [0.2, 0.25) is 5.15 Å². The molecule has 4 heteroatoms. The molecule has 18 heavy (non-hydrogen) atoms. The zero-order chi connectivity index (χ0) is 12.7. The normalized spacial score (nSPS) is 17.5. The predicted octanol–water partition coefficient (Wildman–Crippen LogP) is 4.21. The van der Waals surface area contributed by atoms with Gasteiger partial charge >= 0.3 is 0 Å². The molecule has 0 saturated heterocycles. The van der Waals surface area contributed by atoms with E-state index < -0.39 is 0 Å². The van der Waals surface area contributed by atoms with Crippen LogP contribution in [-0.2, 0) is 0 Å². The van der Waals surface area contributed by atoms with Crippen molar-refractivity contribution in [2.45, 2.75) is 52.0 Å². The van der Waals surface area contributed by atoms with Crippen molar-refractivity contribution in [2.75, 3.05) is 0 Å². The summed E-state index contributed by atoms with van der Waals surface area (Å²) in [6, 6.07) is 0.580. The standard InChI is InChI=1S/C14H18ClN3/c1-9-10(2)18(11-6-4-3-5-7-11)13-12(9)8-16-17-14(13)15/h8,11H,3-7H2,1-2H3. The second kappa shape index (κ2) is 4.54. The quantitative estimate of drug-likeness (QED) is 0.772. The zero-order valence-electron chi connectivity index (χ0n) is 10.9. The van der Waals surface area contributed by atoms with Crippen LogP contribution in [0.3, 0.4) is 0 Å². The Hall–Kier alpha value is -1.09. The van der Waals surface area contributed by atoms with Crippen LogP contribution < -0.4 is 0 Å². The van der Waals surface area contributed by atoms with E-state index in [-0.39, 0.29) is 0 Å². The molecule has 1 aliphatic rings. The SMILES string of the molecule is Cc1c(C)n(C2CCCCC2)c2c(Cl)nncc12. The molecular formula is C14H18ClN3. The maximum Gasteiger partial charge on any atom is 0.175 e. The van der Waals surface area contributed by atoms with Crippen molar-refractivity contribution >= 4 is 22.5 Å². The fourth-order valence-corrected chi connectivity index (χ4v) is 3.44. The molecule has 3 nitrogen and oxygen atoms in total. The van der Waals surface area contributed by atoms with E-state index in [0.717, 1.165) is 10.9 Å². The molecule has 96 valence electrons. The first kappa shape index (κ1) is 12.0. The summed E-state index contributed by atoms with van der Waals surface area (Å²) in [4.78, 5) is 0. The van der Waals surface area contributed by atoms with E-state index in [1.807, 2.05) is 6.20 Å². The van der Waals surface area contributed by atoms with E-state index in [9.17, 15) is 0 Å². The van der Waals surface area contributed by atoms with Crippen LogP contribution in [0.4, 0.5) is 0 Å². The Morgan fingerprint density at radius 1 is 1.22 bits per heavy atom. The fraction of sp³-hybridized carbons (Fsp3) is 0.571. The summed E-state index contributed by atoms with van der Waals surface area (Å²) >= 11 is 6.27. The van der Waals surface area contributed by atoms with Crippen molar-refractivity contribution in [2.24, 2.45) is 0 Å². The molecule has 3 rings (SSSR count). The van der Waals surface area contributed by atoms with E-state index in [1.165, 1.54) is 43.4 Å². The highest BCUT2D eigenvalue weighted by atomic mass is 35.5. The van der Waals surface area contributed by atoms with Gasteiger partial charge in [-0.05, 0) is 32.3 Å². The second-order valence-corrected chi connectivity index (χ2v) is 5.63. The summed E-state index contributed by atoms with van der Waals surface area (Å²) in [6.07, 6.45) is 8.34. The van der Waals surface area contributed by atoms with Crippen molar-refractivity contribution in [3.05, 3.63) is 22.6 Å². The number of aromatic nitrogens is 3. The van der Waals surface area contributed by atoms with Crippen molar-refractivity contribution in [1.82, 2.24) is 14.8 Å². The Labute approximate surface area is 112 Å². The van der Waals surface area contributed by atoms with E-state index >= 15 is 0 Å². The average Bonchev–Trinajstić information content (AvgIpc) is 2.65. The molecule has 0 atom stereocenters. The van der Waals surface area contributed by atoms with Crippen LogP contribution >= 0.6 is 11.6 Å². The molecule has 2 heterocycles. The molecule has 0 radical (unpaired) electrons. The van der Waals surface area contributed by atoms with Crippen LogP contribution in [0, 0.1) is 13.8 Å². The summed E-state index contributed by atoms with van der Waals surface area (Å²) in [5.41, 5.74) is 3.68. The summed E-state index contributed by atoms with van der Waals surface area (Å²) in [5.74, 6) is 0. The van der Waals surface area contributed by atoms with Gasteiger partial charge < -0.3 is 4.57 Å².